The SMILES string of the molecule is Cc1nn(C(F)(F)F)cc1CC=O. The van der Waals surface area contributed by atoms with Gasteiger partial charge in [0.2, 0.25) is 0 Å². The third-order valence-electron chi connectivity index (χ3n) is 1.56. The second-order valence-corrected chi connectivity index (χ2v) is 2.52. The minimum absolute atomic E-state index is 0.0398. The summed E-state index contributed by atoms with van der Waals surface area (Å²) < 4.78 is 36.0. The van der Waals surface area contributed by atoms with Gasteiger partial charge >= 0.3 is 6.30 Å². The van der Waals surface area contributed by atoms with E-state index in [0.29, 0.717) is 11.8 Å². The Bertz CT molecular complexity index is 316. The molecule has 0 amide bonds. The molecular weight excluding hydrogens is 185 g/mol. The zero-order chi connectivity index (χ0) is 10.1. The van der Waals surface area contributed by atoms with Crippen molar-refractivity contribution in [3.63, 3.8) is 0 Å². The fourth-order valence-electron chi connectivity index (χ4n) is 0.916. The van der Waals surface area contributed by atoms with E-state index in [1.165, 1.54) is 6.92 Å². The van der Waals surface area contributed by atoms with Crippen LogP contribution in [0.5, 0.6) is 0 Å². The van der Waals surface area contributed by atoms with Gasteiger partial charge in [-0.3, -0.25) is 0 Å². The molecule has 0 radical (unpaired) electrons. The lowest BCUT2D eigenvalue weighted by molar-refractivity contribution is -0.212. The first kappa shape index (κ1) is 9.76. The molecule has 1 aromatic rings. The Morgan fingerprint density at radius 2 is 2.23 bits per heavy atom. The average molecular weight is 192 g/mol. The first-order chi connectivity index (χ1) is 5.95. The molecule has 0 aromatic carbocycles. The van der Waals surface area contributed by atoms with Crippen molar-refractivity contribution >= 4 is 6.29 Å². The van der Waals surface area contributed by atoms with Crippen LogP contribution < -0.4 is 0 Å². The summed E-state index contributed by atoms with van der Waals surface area (Å²) in [5, 5.41) is 3.23. The smallest absolute Gasteiger partial charge is 0.303 e. The predicted molar refractivity (Wildman–Crippen MR) is 38.0 cm³/mol. The van der Waals surface area contributed by atoms with Gasteiger partial charge in [-0.15, -0.1) is 13.2 Å². The molecule has 1 heterocycles. The van der Waals surface area contributed by atoms with E-state index < -0.39 is 6.30 Å². The van der Waals surface area contributed by atoms with Gasteiger partial charge in [0.1, 0.15) is 6.29 Å². The molecule has 0 atom stereocenters. The fraction of sp³-hybridized carbons (Fsp3) is 0.429. The molecule has 0 N–H and O–H groups in total. The number of carbonyl (C=O) groups excluding carboxylic acids is 1. The number of aldehydes is 1. The van der Waals surface area contributed by atoms with Gasteiger partial charge in [-0.1, -0.05) is 0 Å². The van der Waals surface area contributed by atoms with E-state index in [4.69, 9.17) is 0 Å². The maximum atomic E-state index is 12.0. The number of alkyl halides is 3. The summed E-state index contributed by atoms with van der Waals surface area (Å²) >= 11 is 0. The number of halogens is 3. The summed E-state index contributed by atoms with van der Waals surface area (Å²) in [6, 6.07) is 0. The van der Waals surface area contributed by atoms with Crippen molar-refractivity contribution < 1.29 is 18.0 Å². The highest BCUT2D eigenvalue weighted by Gasteiger charge is 2.32. The highest BCUT2D eigenvalue weighted by atomic mass is 19.4. The van der Waals surface area contributed by atoms with Crippen LogP contribution in [0.25, 0.3) is 0 Å². The number of aromatic nitrogens is 2. The minimum atomic E-state index is -4.51. The first-order valence-electron chi connectivity index (χ1n) is 3.51. The van der Waals surface area contributed by atoms with Gasteiger partial charge < -0.3 is 4.79 Å². The summed E-state index contributed by atoms with van der Waals surface area (Å²) in [5.74, 6) is 0. The third-order valence-corrected chi connectivity index (χ3v) is 1.56. The highest BCUT2D eigenvalue weighted by Crippen LogP contribution is 2.22. The molecule has 6 heteroatoms. The number of carbonyl (C=O) groups is 1. The van der Waals surface area contributed by atoms with E-state index in [0.717, 1.165) is 6.20 Å². The number of aryl methyl sites for hydroxylation is 1. The molecule has 3 nitrogen and oxygen atoms in total. The molecule has 0 aliphatic heterocycles. The standard InChI is InChI=1S/C7H7F3N2O/c1-5-6(2-3-13)4-12(11-5)7(8,9)10/h3-4H,2H2,1H3. The lowest BCUT2D eigenvalue weighted by atomic mass is 10.2. The van der Waals surface area contributed by atoms with Gasteiger partial charge in [-0.25, -0.2) is 0 Å². The fourth-order valence-corrected chi connectivity index (χ4v) is 0.916. The molecule has 1 rings (SSSR count). The van der Waals surface area contributed by atoms with Crippen LogP contribution in [-0.2, 0) is 17.5 Å². The van der Waals surface area contributed by atoms with Gasteiger partial charge in [0.15, 0.2) is 0 Å². The van der Waals surface area contributed by atoms with Gasteiger partial charge in [0.05, 0.1) is 5.69 Å². The Kier molecular flexibility index (Phi) is 2.40. The van der Waals surface area contributed by atoms with Crippen LogP contribution in [-0.4, -0.2) is 16.1 Å². The molecular formula is C7H7F3N2O. The lowest BCUT2D eigenvalue weighted by Gasteiger charge is -2.03. The van der Waals surface area contributed by atoms with Crippen LogP contribution >= 0.6 is 0 Å². The Morgan fingerprint density at radius 1 is 1.62 bits per heavy atom. The van der Waals surface area contributed by atoms with Crippen LogP contribution in [0.1, 0.15) is 11.3 Å². The number of rotatable bonds is 2. The van der Waals surface area contributed by atoms with E-state index in [-0.39, 0.29) is 16.8 Å². The van der Waals surface area contributed by atoms with Crippen molar-refractivity contribution in [2.24, 2.45) is 0 Å². The largest absolute Gasteiger partial charge is 0.504 e. The van der Waals surface area contributed by atoms with E-state index in [1.54, 1.807) is 0 Å². The zero-order valence-electron chi connectivity index (χ0n) is 6.80. The van der Waals surface area contributed by atoms with Gasteiger partial charge in [0, 0.05) is 18.2 Å². The van der Waals surface area contributed by atoms with Crippen molar-refractivity contribution in [3.8, 4) is 0 Å². The topological polar surface area (TPSA) is 34.9 Å². The van der Waals surface area contributed by atoms with Crippen molar-refractivity contribution in [2.75, 3.05) is 0 Å². The Labute approximate surface area is 72.2 Å². The summed E-state index contributed by atoms with van der Waals surface area (Å²) in [6.45, 7) is 1.43. The lowest BCUT2D eigenvalue weighted by Crippen LogP contribution is -2.17. The van der Waals surface area contributed by atoms with E-state index in [1.807, 2.05) is 0 Å². The van der Waals surface area contributed by atoms with Gasteiger partial charge in [-0.05, 0) is 6.92 Å². The maximum absolute atomic E-state index is 12.0. The molecule has 1 aromatic heterocycles. The Morgan fingerprint density at radius 3 is 2.62 bits per heavy atom. The maximum Gasteiger partial charge on any atom is 0.504 e. The van der Waals surface area contributed by atoms with Crippen LogP contribution in [0.4, 0.5) is 13.2 Å². The first-order valence-corrected chi connectivity index (χ1v) is 3.51. The van der Waals surface area contributed by atoms with Crippen molar-refractivity contribution in [3.05, 3.63) is 17.5 Å². The number of nitrogens with zero attached hydrogens (tertiary/aromatic N) is 2. The van der Waals surface area contributed by atoms with Gasteiger partial charge in [-0.2, -0.15) is 9.78 Å². The summed E-state index contributed by atoms with van der Waals surface area (Å²) in [5.41, 5.74) is 0.525. The summed E-state index contributed by atoms with van der Waals surface area (Å²) in [7, 11) is 0. The van der Waals surface area contributed by atoms with E-state index in [2.05, 4.69) is 5.10 Å². The second-order valence-electron chi connectivity index (χ2n) is 2.52. The van der Waals surface area contributed by atoms with Crippen molar-refractivity contribution in [2.45, 2.75) is 19.6 Å². The number of hydrogen-bond donors (Lipinski definition) is 0. The van der Waals surface area contributed by atoms with Crippen LogP contribution in [0.15, 0.2) is 6.20 Å². The van der Waals surface area contributed by atoms with Crippen molar-refractivity contribution in [1.29, 1.82) is 0 Å². The van der Waals surface area contributed by atoms with Gasteiger partial charge in [0.25, 0.3) is 0 Å². The molecule has 72 valence electrons. The van der Waals surface area contributed by atoms with Crippen LogP contribution in [0.3, 0.4) is 0 Å². The molecule has 13 heavy (non-hydrogen) atoms. The molecule has 0 saturated carbocycles. The third kappa shape index (κ3) is 2.07. The molecule has 0 unspecified atom stereocenters. The monoisotopic (exact) mass is 192 g/mol. The summed E-state index contributed by atoms with van der Waals surface area (Å²) in [6.07, 6.45) is -3.18. The van der Waals surface area contributed by atoms with Crippen LogP contribution in [0.2, 0.25) is 0 Å². The van der Waals surface area contributed by atoms with E-state index >= 15 is 0 Å². The molecule has 0 aliphatic rings. The number of hydrogen-bond acceptors (Lipinski definition) is 2. The quantitative estimate of drug-likeness (QED) is 0.664. The zero-order valence-corrected chi connectivity index (χ0v) is 6.80. The molecule has 0 bridgehead atoms. The molecule has 0 fully saturated rings. The normalized spacial score (nSPS) is 11.7. The van der Waals surface area contributed by atoms with Crippen molar-refractivity contribution in [1.82, 2.24) is 9.78 Å². The molecule has 0 spiro atoms. The average Bonchev–Trinajstić information content (AvgIpc) is 2.32. The predicted octanol–water partition coefficient (Wildman–Crippen LogP) is 1.41. The molecule has 0 aliphatic carbocycles. The summed E-state index contributed by atoms with van der Waals surface area (Å²) in [4.78, 5) is 10.1. The second kappa shape index (κ2) is 3.20. The Balaban J connectivity index is 3.01. The molecule has 0 saturated heterocycles. The Hall–Kier alpha value is -1.33. The highest BCUT2D eigenvalue weighted by molar-refractivity contribution is 5.55. The van der Waals surface area contributed by atoms with Crippen LogP contribution in [0, 0.1) is 6.92 Å². The minimum Gasteiger partial charge on any atom is -0.303 e. The van der Waals surface area contributed by atoms with E-state index in [9.17, 15) is 18.0 Å².